The number of guanidine groups is 1. The van der Waals surface area contributed by atoms with Crippen molar-refractivity contribution in [1.29, 1.82) is 0 Å². The second-order valence-electron chi connectivity index (χ2n) is 7.20. The Morgan fingerprint density at radius 3 is 2.65 bits per heavy atom. The molecule has 1 aromatic rings. The van der Waals surface area contributed by atoms with Gasteiger partial charge in [-0.2, -0.15) is 5.10 Å². The number of rotatable bonds is 6. The van der Waals surface area contributed by atoms with Crippen LogP contribution in [0.1, 0.15) is 51.1 Å². The Labute approximate surface area is 157 Å². The van der Waals surface area contributed by atoms with E-state index >= 15 is 0 Å². The van der Waals surface area contributed by atoms with Crippen molar-refractivity contribution in [2.45, 2.75) is 59.5 Å². The fraction of sp³-hybridized carbons (Fsp3) is 0.737. The summed E-state index contributed by atoms with van der Waals surface area (Å²) in [4.78, 5) is 18.4. The summed E-state index contributed by atoms with van der Waals surface area (Å²) in [5, 5.41) is 11.5. The minimum absolute atomic E-state index is 0.0525. The first-order chi connectivity index (χ1) is 12.4. The maximum Gasteiger partial charge on any atom is 0.225 e. The van der Waals surface area contributed by atoms with Gasteiger partial charge in [0.05, 0.1) is 5.69 Å². The number of aromatic nitrogens is 2. The van der Waals surface area contributed by atoms with Gasteiger partial charge in [-0.1, -0.05) is 27.7 Å². The first-order valence-electron chi connectivity index (χ1n) is 9.70. The van der Waals surface area contributed by atoms with Crippen LogP contribution >= 0.6 is 0 Å². The lowest BCUT2D eigenvalue weighted by Gasteiger charge is -2.20. The highest BCUT2D eigenvalue weighted by Crippen LogP contribution is 2.16. The number of hydrogen-bond donors (Lipinski definition) is 2. The first-order valence-corrected chi connectivity index (χ1v) is 9.70. The van der Waals surface area contributed by atoms with Gasteiger partial charge in [-0.25, -0.2) is 0 Å². The van der Waals surface area contributed by atoms with E-state index in [1.165, 1.54) is 11.3 Å². The molecule has 1 aliphatic heterocycles. The molecule has 146 valence electrons. The third-order valence-electron chi connectivity index (χ3n) is 5.02. The van der Waals surface area contributed by atoms with Crippen LogP contribution in [0.2, 0.25) is 0 Å². The fourth-order valence-corrected chi connectivity index (χ4v) is 3.60. The topological polar surface area (TPSA) is 74.6 Å². The molecule has 1 atom stereocenters. The minimum Gasteiger partial charge on any atom is -0.352 e. The SMILES string of the molecule is CCc1nn(C)c(CC)c1CNC(=NC)NC1CCN(C(=O)C(C)C)C1. The molecule has 7 nitrogen and oxygen atoms in total. The number of aryl methyl sites for hydroxylation is 2. The average molecular weight is 363 g/mol. The van der Waals surface area contributed by atoms with Crippen LogP contribution in [0, 0.1) is 5.92 Å². The number of nitrogens with one attached hydrogen (secondary N) is 2. The summed E-state index contributed by atoms with van der Waals surface area (Å²) in [5.41, 5.74) is 3.67. The monoisotopic (exact) mass is 362 g/mol. The van der Waals surface area contributed by atoms with Crippen LogP contribution < -0.4 is 10.6 Å². The van der Waals surface area contributed by atoms with Crippen molar-refractivity contribution >= 4 is 11.9 Å². The van der Waals surface area contributed by atoms with Crippen LogP contribution in [-0.2, 0) is 31.2 Å². The summed E-state index contributed by atoms with van der Waals surface area (Å²) in [7, 11) is 3.79. The van der Waals surface area contributed by atoms with Crippen LogP contribution in [0.15, 0.2) is 4.99 Å². The smallest absolute Gasteiger partial charge is 0.225 e. The van der Waals surface area contributed by atoms with Crippen molar-refractivity contribution in [3.8, 4) is 0 Å². The molecule has 7 heteroatoms. The van der Waals surface area contributed by atoms with Crippen LogP contribution in [0.5, 0.6) is 0 Å². The standard InChI is InChI=1S/C19H34N6O/c1-7-16-15(17(8-2)24(6)23-16)11-21-19(20-5)22-14-9-10-25(12-14)18(26)13(3)4/h13-14H,7-12H2,1-6H3,(H2,20,21,22). The average Bonchev–Trinajstić information content (AvgIpc) is 3.21. The summed E-state index contributed by atoms with van der Waals surface area (Å²) < 4.78 is 1.98. The normalized spacial score (nSPS) is 17.9. The van der Waals surface area contributed by atoms with Crippen molar-refractivity contribution in [2.24, 2.45) is 18.0 Å². The number of likely N-dealkylation sites (tertiary alicyclic amines) is 1. The highest BCUT2D eigenvalue weighted by atomic mass is 16.2. The molecular formula is C19H34N6O. The molecular weight excluding hydrogens is 328 g/mol. The molecule has 0 radical (unpaired) electrons. The second kappa shape index (κ2) is 9.05. The molecule has 1 unspecified atom stereocenters. The predicted molar refractivity (Wildman–Crippen MR) is 105 cm³/mol. The molecule has 2 N–H and O–H groups in total. The molecule has 0 aliphatic carbocycles. The van der Waals surface area contributed by atoms with Crippen molar-refractivity contribution in [3.05, 3.63) is 17.0 Å². The lowest BCUT2D eigenvalue weighted by molar-refractivity contribution is -0.133. The van der Waals surface area contributed by atoms with Gasteiger partial charge >= 0.3 is 0 Å². The molecule has 1 fully saturated rings. The maximum absolute atomic E-state index is 12.1. The fourth-order valence-electron chi connectivity index (χ4n) is 3.60. The Kier molecular flexibility index (Phi) is 7.06. The largest absolute Gasteiger partial charge is 0.352 e. The van der Waals surface area contributed by atoms with Crippen molar-refractivity contribution in [2.75, 3.05) is 20.1 Å². The molecule has 0 saturated carbocycles. The molecule has 0 aromatic carbocycles. The van der Waals surface area contributed by atoms with E-state index < -0.39 is 0 Å². The lowest BCUT2D eigenvalue weighted by Crippen LogP contribution is -2.45. The first kappa shape index (κ1) is 20.3. The van der Waals surface area contributed by atoms with Crippen LogP contribution in [0.25, 0.3) is 0 Å². The highest BCUT2D eigenvalue weighted by molar-refractivity contribution is 5.81. The molecule has 1 aliphatic rings. The zero-order chi connectivity index (χ0) is 19.3. The van der Waals surface area contributed by atoms with Crippen LogP contribution in [0.3, 0.4) is 0 Å². The predicted octanol–water partition coefficient (Wildman–Crippen LogP) is 1.47. The maximum atomic E-state index is 12.1. The van der Waals surface area contributed by atoms with Crippen molar-refractivity contribution < 1.29 is 4.79 Å². The van der Waals surface area contributed by atoms with E-state index in [4.69, 9.17) is 0 Å². The van der Waals surface area contributed by atoms with E-state index in [0.717, 1.165) is 44.0 Å². The minimum atomic E-state index is 0.0525. The van der Waals surface area contributed by atoms with E-state index in [-0.39, 0.29) is 17.9 Å². The number of nitrogens with zero attached hydrogens (tertiary/aromatic N) is 4. The van der Waals surface area contributed by atoms with Gasteiger partial charge in [0.25, 0.3) is 0 Å². The van der Waals surface area contributed by atoms with Gasteiger partial charge < -0.3 is 15.5 Å². The zero-order valence-electron chi connectivity index (χ0n) is 17.1. The number of carbonyl (C=O) groups is 1. The number of aliphatic imine (C=N–C) groups is 1. The lowest BCUT2D eigenvalue weighted by atomic mass is 10.1. The summed E-state index contributed by atoms with van der Waals surface area (Å²) in [6.07, 6.45) is 2.83. The Balaban J connectivity index is 1.94. The number of hydrogen-bond acceptors (Lipinski definition) is 3. The van der Waals surface area contributed by atoms with Gasteiger partial charge in [0.15, 0.2) is 5.96 Å². The van der Waals surface area contributed by atoms with E-state index in [0.29, 0.717) is 6.54 Å². The second-order valence-corrected chi connectivity index (χ2v) is 7.20. The van der Waals surface area contributed by atoms with E-state index in [1.54, 1.807) is 7.05 Å². The molecule has 1 amide bonds. The summed E-state index contributed by atoms with van der Waals surface area (Å²) in [5.74, 6) is 1.06. The Morgan fingerprint density at radius 2 is 2.08 bits per heavy atom. The highest BCUT2D eigenvalue weighted by Gasteiger charge is 2.28. The van der Waals surface area contributed by atoms with Crippen LogP contribution in [-0.4, -0.2) is 52.7 Å². The molecule has 2 rings (SSSR count). The summed E-state index contributed by atoms with van der Waals surface area (Å²) in [6.45, 7) is 10.5. The quantitative estimate of drug-likeness (QED) is 0.594. The van der Waals surface area contributed by atoms with Crippen LogP contribution in [0.4, 0.5) is 0 Å². The van der Waals surface area contributed by atoms with Gasteiger partial charge in [-0.3, -0.25) is 14.5 Å². The Bertz CT molecular complexity index is 649. The van der Waals surface area contributed by atoms with Gasteiger partial charge in [-0.05, 0) is 19.3 Å². The zero-order valence-corrected chi connectivity index (χ0v) is 17.1. The van der Waals surface area contributed by atoms with E-state index in [2.05, 4.69) is 34.6 Å². The molecule has 0 spiro atoms. The molecule has 2 heterocycles. The third-order valence-corrected chi connectivity index (χ3v) is 5.02. The van der Waals surface area contributed by atoms with Gasteiger partial charge in [0, 0.05) is 56.9 Å². The number of amides is 1. The van der Waals surface area contributed by atoms with E-state index in [9.17, 15) is 4.79 Å². The number of carbonyl (C=O) groups excluding carboxylic acids is 1. The van der Waals surface area contributed by atoms with Gasteiger partial charge in [-0.15, -0.1) is 0 Å². The Hall–Kier alpha value is -2.05. The molecule has 1 saturated heterocycles. The molecule has 1 aromatic heterocycles. The summed E-state index contributed by atoms with van der Waals surface area (Å²) >= 11 is 0. The van der Waals surface area contributed by atoms with Crippen molar-refractivity contribution in [3.63, 3.8) is 0 Å². The molecule has 26 heavy (non-hydrogen) atoms. The molecule has 0 bridgehead atoms. The van der Waals surface area contributed by atoms with Gasteiger partial charge in [0.1, 0.15) is 0 Å². The summed E-state index contributed by atoms with van der Waals surface area (Å²) in [6, 6.07) is 0.245. The Morgan fingerprint density at radius 1 is 1.35 bits per heavy atom. The van der Waals surface area contributed by atoms with Gasteiger partial charge in [0.2, 0.25) is 5.91 Å². The van der Waals surface area contributed by atoms with Crippen molar-refractivity contribution in [1.82, 2.24) is 25.3 Å². The third kappa shape index (κ3) is 4.56. The van der Waals surface area contributed by atoms with E-state index in [1.807, 2.05) is 30.5 Å².